The van der Waals surface area contributed by atoms with Gasteiger partial charge in [-0.25, -0.2) is 4.98 Å². The molecule has 0 saturated heterocycles. The lowest BCUT2D eigenvalue weighted by atomic mass is 10.2. The Bertz CT molecular complexity index is 1700. The Morgan fingerprint density at radius 3 is 2.38 bits per heavy atom. The van der Waals surface area contributed by atoms with E-state index in [4.69, 9.17) is 0 Å². The first-order chi connectivity index (χ1) is 20.4. The average molecular weight is 611 g/mol. The molecule has 0 aliphatic heterocycles. The first-order valence-corrected chi connectivity index (χ1v) is 15.6. The molecule has 0 radical (unpaired) electrons. The van der Waals surface area contributed by atoms with Crippen molar-refractivity contribution in [3.8, 4) is 11.3 Å². The summed E-state index contributed by atoms with van der Waals surface area (Å²) >= 11 is 4.24. The van der Waals surface area contributed by atoms with Crippen molar-refractivity contribution in [3.05, 3.63) is 124 Å². The molecule has 42 heavy (non-hydrogen) atoms. The van der Waals surface area contributed by atoms with Crippen molar-refractivity contribution in [2.24, 2.45) is 0 Å². The largest absolute Gasteiger partial charge is 0.321 e. The van der Waals surface area contributed by atoms with Gasteiger partial charge in [0.15, 0.2) is 5.13 Å². The van der Waals surface area contributed by atoms with Crippen molar-refractivity contribution in [2.75, 3.05) is 10.6 Å². The molecule has 0 aliphatic rings. The molecule has 210 valence electrons. The number of anilines is 2. The highest BCUT2D eigenvalue weighted by Crippen LogP contribution is 2.29. The van der Waals surface area contributed by atoms with Gasteiger partial charge >= 0.3 is 0 Å². The zero-order chi connectivity index (χ0) is 29.3. The third kappa shape index (κ3) is 7.82. The van der Waals surface area contributed by atoms with Crippen LogP contribution in [0.4, 0.5) is 10.8 Å². The van der Waals surface area contributed by atoms with Gasteiger partial charge in [0, 0.05) is 27.1 Å². The molecule has 10 heteroatoms. The van der Waals surface area contributed by atoms with Crippen LogP contribution in [-0.4, -0.2) is 28.0 Å². The summed E-state index contributed by atoms with van der Waals surface area (Å²) in [6.45, 7) is 1.82. The molecular weight excluding hydrogens is 585 g/mol. The topological polar surface area (TPSA) is 100 Å². The van der Waals surface area contributed by atoms with Crippen molar-refractivity contribution in [1.82, 2.24) is 10.3 Å². The molecule has 0 fully saturated rings. The van der Waals surface area contributed by atoms with Crippen molar-refractivity contribution in [3.63, 3.8) is 0 Å². The summed E-state index contributed by atoms with van der Waals surface area (Å²) in [5.74, 6) is -1.02. The highest BCUT2D eigenvalue weighted by atomic mass is 32.2. The molecule has 5 rings (SSSR count). The van der Waals surface area contributed by atoms with Crippen molar-refractivity contribution in [1.29, 1.82) is 0 Å². The number of hydrogen-bond donors (Lipinski definition) is 3. The Labute approximate surface area is 255 Å². The van der Waals surface area contributed by atoms with E-state index in [0.29, 0.717) is 16.4 Å². The van der Waals surface area contributed by atoms with E-state index in [1.54, 1.807) is 48.5 Å². The number of rotatable bonds is 10. The highest BCUT2D eigenvalue weighted by Gasteiger charge is 2.18. The number of thiazole rings is 1. The van der Waals surface area contributed by atoms with E-state index in [-0.39, 0.29) is 17.5 Å². The second-order valence-electron chi connectivity index (χ2n) is 9.07. The summed E-state index contributed by atoms with van der Waals surface area (Å²) in [7, 11) is 0. The fourth-order valence-corrected chi connectivity index (χ4v) is 6.12. The van der Waals surface area contributed by atoms with Gasteiger partial charge in [0.05, 0.1) is 10.9 Å². The summed E-state index contributed by atoms with van der Waals surface area (Å²) in [6, 6.07) is 27.6. The van der Waals surface area contributed by atoms with E-state index >= 15 is 0 Å². The Kier molecular flexibility index (Phi) is 9.60. The van der Waals surface area contributed by atoms with Crippen LogP contribution < -0.4 is 16.0 Å². The normalized spacial score (nSPS) is 11.9. The number of nitrogens with one attached hydrogen (secondary N) is 3. The van der Waals surface area contributed by atoms with Gasteiger partial charge in [-0.15, -0.1) is 23.1 Å². The quantitative estimate of drug-likeness (QED) is 0.113. The fourth-order valence-electron chi connectivity index (χ4n) is 3.85. The molecule has 3 aromatic carbocycles. The smallest absolute Gasteiger partial charge is 0.272 e. The van der Waals surface area contributed by atoms with Gasteiger partial charge in [-0.05, 0) is 65.7 Å². The number of amides is 3. The first-order valence-electron chi connectivity index (χ1n) is 12.9. The maximum absolute atomic E-state index is 13.3. The van der Waals surface area contributed by atoms with E-state index in [9.17, 15) is 14.4 Å². The van der Waals surface area contributed by atoms with E-state index in [1.165, 1.54) is 34.4 Å². The molecule has 0 spiro atoms. The van der Waals surface area contributed by atoms with Crippen LogP contribution in [0.2, 0.25) is 0 Å². The number of hydrogen-bond acceptors (Lipinski definition) is 7. The minimum Gasteiger partial charge on any atom is -0.321 e. The molecule has 1 unspecified atom stereocenters. The number of thioether (sulfide) groups is 1. The summed E-state index contributed by atoms with van der Waals surface area (Å²) in [5.41, 5.74) is 3.71. The van der Waals surface area contributed by atoms with Crippen LogP contribution in [0.15, 0.2) is 118 Å². The maximum atomic E-state index is 13.3. The van der Waals surface area contributed by atoms with E-state index in [0.717, 1.165) is 21.7 Å². The molecule has 2 aromatic heterocycles. The third-order valence-electron chi connectivity index (χ3n) is 5.96. The van der Waals surface area contributed by atoms with Crippen LogP contribution >= 0.6 is 34.4 Å². The summed E-state index contributed by atoms with van der Waals surface area (Å²) in [6.07, 6.45) is 1.64. The van der Waals surface area contributed by atoms with E-state index in [1.807, 2.05) is 71.6 Å². The maximum Gasteiger partial charge on any atom is 0.272 e. The second kappa shape index (κ2) is 13.9. The molecule has 2 heterocycles. The lowest BCUT2D eigenvalue weighted by molar-refractivity contribution is -0.115. The summed E-state index contributed by atoms with van der Waals surface area (Å²) in [5, 5.41) is 14.3. The third-order valence-corrected chi connectivity index (χ3v) is 8.51. The van der Waals surface area contributed by atoms with Gasteiger partial charge in [-0.1, -0.05) is 54.6 Å². The van der Waals surface area contributed by atoms with Crippen molar-refractivity contribution >= 4 is 69.1 Å². The molecule has 3 N–H and O–H groups in total. The number of carbonyl (C=O) groups is 3. The van der Waals surface area contributed by atoms with Crippen LogP contribution in [0.5, 0.6) is 0 Å². The summed E-state index contributed by atoms with van der Waals surface area (Å²) in [4.78, 5) is 44.3. The number of carbonyl (C=O) groups excluding carboxylic acids is 3. The SMILES string of the molecule is CC(Sc1cccc(NC(=O)/C(=C/c2ccsc2)NC(=O)c2ccccc2)c1)C(=O)Nc1nc(-c2ccccc2)cs1. The van der Waals surface area contributed by atoms with Gasteiger partial charge in [-0.3, -0.25) is 14.4 Å². The second-order valence-corrected chi connectivity index (χ2v) is 12.1. The standard InChI is InChI=1S/C32H26N4O3S3/c1-21(29(37)36-32-35-28(20-41-32)23-9-4-2-5-10-23)42-26-14-8-13-25(18-26)33-31(39)27(17-22-15-16-40-19-22)34-30(38)24-11-6-3-7-12-24/h2-21H,1H3,(H,33,39)(H,34,38)(H,35,36,37)/b27-17-. The molecule has 0 aliphatic carbocycles. The zero-order valence-electron chi connectivity index (χ0n) is 22.4. The van der Waals surface area contributed by atoms with Crippen LogP contribution in [0, 0.1) is 0 Å². The van der Waals surface area contributed by atoms with E-state index in [2.05, 4.69) is 20.9 Å². The Hall–Kier alpha value is -4.51. The van der Waals surface area contributed by atoms with Gasteiger partial charge in [0.2, 0.25) is 5.91 Å². The minimum absolute atomic E-state index is 0.117. The predicted octanol–water partition coefficient (Wildman–Crippen LogP) is 7.40. The predicted molar refractivity (Wildman–Crippen MR) is 173 cm³/mol. The van der Waals surface area contributed by atoms with Gasteiger partial charge in [0.1, 0.15) is 5.70 Å². The number of benzene rings is 3. The molecule has 1 atom stereocenters. The fraction of sp³-hybridized carbons (Fsp3) is 0.0625. The molecule has 5 aromatic rings. The van der Waals surface area contributed by atoms with Crippen LogP contribution in [0.25, 0.3) is 17.3 Å². The Morgan fingerprint density at radius 2 is 1.64 bits per heavy atom. The molecule has 3 amide bonds. The highest BCUT2D eigenvalue weighted by molar-refractivity contribution is 8.00. The van der Waals surface area contributed by atoms with Crippen LogP contribution in [-0.2, 0) is 9.59 Å². The number of aromatic nitrogens is 1. The van der Waals surface area contributed by atoms with Gasteiger partial charge in [0.25, 0.3) is 11.8 Å². The lowest BCUT2D eigenvalue weighted by Crippen LogP contribution is -2.30. The minimum atomic E-state index is -0.462. The summed E-state index contributed by atoms with van der Waals surface area (Å²) < 4.78 is 0. The van der Waals surface area contributed by atoms with Crippen LogP contribution in [0.3, 0.4) is 0 Å². The lowest BCUT2D eigenvalue weighted by Gasteiger charge is -2.13. The first kappa shape index (κ1) is 29.0. The van der Waals surface area contributed by atoms with Crippen molar-refractivity contribution in [2.45, 2.75) is 17.1 Å². The zero-order valence-corrected chi connectivity index (χ0v) is 24.9. The molecule has 0 saturated carbocycles. The molecule has 7 nitrogen and oxygen atoms in total. The monoisotopic (exact) mass is 610 g/mol. The molecular formula is C32H26N4O3S3. The Morgan fingerprint density at radius 1 is 0.881 bits per heavy atom. The van der Waals surface area contributed by atoms with Gasteiger partial charge < -0.3 is 16.0 Å². The van der Waals surface area contributed by atoms with Crippen molar-refractivity contribution < 1.29 is 14.4 Å². The Balaban J connectivity index is 1.23. The van der Waals surface area contributed by atoms with E-state index < -0.39 is 11.2 Å². The van der Waals surface area contributed by atoms with Gasteiger partial charge in [-0.2, -0.15) is 11.3 Å². The van der Waals surface area contributed by atoms with Crippen LogP contribution in [0.1, 0.15) is 22.8 Å². The molecule has 0 bridgehead atoms. The average Bonchev–Trinajstić information content (AvgIpc) is 3.70. The number of thiophene rings is 1. The number of nitrogens with zero attached hydrogens (tertiary/aromatic N) is 1.